The van der Waals surface area contributed by atoms with Crippen molar-refractivity contribution in [2.75, 3.05) is 59.7 Å². The van der Waals surface area contributed by atoms with Crippen molar-refractivity contribution in [2.45, 2.75) is 63.4 Å². The number of benzene rings is 1. The van der Waals surface area contributed by atoms with E-state index in [1.165, 1.54) is 11.1 Å². The summed E-state index contributed by atoms with van der Waals surface area (Å²) >= 11 is 0. The van der Waals surface area contributed by atoms with Crippen LogP contribution in [0.4, 0.5) is 23.8 Å². The maximum absolute atomic E-state index is 4.68. The molecule has 0 amide bonds. The van der Waals surface area contributed by atoms with Gasteiger partial charge in [-0.1, -0.05) is 45.9 Å². The van der Waals surface area contributed by atoms with Gasteiger partial charge in [-0.2, -0.15) is 29.9 Å². The Morgan fingerprint density at radius 1 is 0.550 bits per heavy atom. The maximum Gasteiger partial charge on any atom is 0.231 e. The molecule has 0 fully saturated rings. The number of aromatic nitrogens is 6. The summed E-state index contributed by atoms with van der Waals surface area (Å²) in [7, 11) is 6.64. The van der Waals surface area contributed by atoms with E-state index in [1.807, 2.05) is 13.8 Å². The zero-order valence-corrected chi connectivity index (χ0v) is 27.4. The van der Waals surface area contributed by atoms with Crippen LogP contribution in [0.2, 0.25) is 0 Å². The third-order valence-corrected chi connectivity index (χ3v) is 9.82. The van der Waals surface area contributed by atoms with Crippen molar-refractivity contribution < 1.29 is 0 Å². The van der Waals surface area contributed by atoms with Gasteiger partial charge in [-0.15, -0.1) is 0 Å². The van der Waals surface area contributed by atoms with Crippen molar-refractivity contribution in [1.29, 1.82) is 0 Å². The molecule has 40 heavy (non-hydrogen) atoms. The Morgan fingerprint density at radius 2 is 0.925 bits per heavy atom. The number of hydrogen-bond donors (Lipinski definition) is 2. The molecule has 2 aromatic heterocycles. The number of nitrogens with one attached hydrogen (secondary N) is 2. The highest BCUT2D eigenvalue weighted by atomic mass is 33.1. The summed E-state index contributed by atoms with van der Waals surface area (Å²) in [4.78, 5) is 31.9. The second-order valence-electron chi connectivity index (χ2n) is 8.40. The molecule has 10 nitrogen and oxygen atoms in total. The first kappa shape index (κ1) is 32.4. The Balaban J connectivity index is 1.53. The second-order valence-corrected chi connectivity index (χ2v) is 12.9. The molecule has 3 rings (SSSR count). The normalized spacial score (nSPS) is 10.9. The maximum atomic E-state index is 4.68. The van der Waals surface area contributed by atoms with Crippen LogP contribution >= 0.6 is 43.2 Å². The quantitative estimate of drug-likeness (QED) is 0.151. The predicted molar refractivity (Wildman–Crippen MR) is 176 cm³/mol. The van der Waals surface area contributed by atoms with Crippen LogP contribution < -0.4 is 20.4 Å². The Kier molecular flexibility index (Phi) is 14.2. The van der Waals surface area contributed by atoms with Crippen molar-refractivity contribution in [1.82, 2.24) is 29.9 Å². The number of rotatable bonds is 18. The monoisotopic (exact) mass is 620 g/mol. The van der Waals surface area contributed by atoms with Crippen LogP contribution in [0.1, 0.15) is 52.7 Å². The highest BCUT2D eigenvalue weighted by molar-refractivity contribution is 8.76. The molecule has 3 aromatic rings. The van der Waals surface area contributed by atoms with E-state index in [0.29, 0.717) is 11.9 Å². The minimum absolute atomic E-state index is 0.626. The second kappa shape index (κ2) is 17.6. The average molecular weight is 621 g/mol. The van der Waals surface area contributed by atoms with Crippen LogP contribution in [0, 0.1) is 0 Å². The molecule has 218 valence electrons. The van der Waals surface area contributed by atoms with Gasteiger partial charge in [0.15, 0.2) is 0 Å². The highest BCUT2D eigenvalue weighted by Crippen LogP contribution is 2.34. The Hall–Kier alpha value is -2.16. The molecule has 14 heteroatoms. The van der Waals surface area contributed by atoms with E-state index in [4.69, 9.17) is 0 Å². The van der Waals surface area contributed by atoms with E-state index in [2.05, 4.69) is 102 Å². The van der Waals surface area contributed by atoms with Gasteiger partial charge in [0.05, 0.1) is 0 Å². The zero-order chi connectivity index (χ0) is 28.7. The summed E-state index contributed by atoms with van der Waals surface area (Å²) < 4.78 is 0. The summed E-state index contributed by atoms with van der Waals surface area (Å²) in [6.07, 6.45) is 0. The van der Waals surface area contributed by atoms with E-state index < -0.39 is 0 Å². The van der Waals surface area contributed by atoms with Gasteiger partial charge < -0.3 is 20.4 Å². The summed E-state index contributed by atoms with van der Waals surface area (Å²) in [6, 6.07) is 8.77. The molecule has 0 radical (unpaired) electrons. The van der Waals surface area contributed by atoms with E-state index in [1.54, 1.807) is 43.2 Å². The first-order valence-corrected chi connectivity index (χ1v) is 18.3. The lowest BCUT2D eigenvalue weighted by molar-refractivity contribution is 0.783. The van der Waals surface area contributed by atoms with Crippen LogP contribution in [0.25, 0.3) is 0 Å². The molecule has 1 aromatic carbocycles. The van der Waals surface area contributed by atoms with Crippen molar-refractivity contribution in [3.63, 3.8) is 0 Å². The highest BCUT2D eigenvalue weighted by Gasteiger charge is 2.13. The molecule has 0 saturated carbocycles. The van der Waals surface area contributed by atoms with Gasteiger partial charge in [0.25, 0.3) is 0 Å². The van der Waals surface area contributed by atoms with E-state index in [9.17, 15) is 0 Å². The number of nitrogens with zero attached hydrogens (tertiary/aromatic N) is 8. The van der Waals surface area contributed by atoms with Crippen LogP contribution in [-0.2, 0) is 11.5 Å². The van der Waals surface area contributed by atoms with Gasteiger partial charge in [-0.3, -0.25) is 0 Å². The number of hydrogen-bond acceptors (Lipinski definition) is 14. The predicted octanol–water partition coefficient (Wildman–Crippen LogP) is 6.49. The van der Waals surface area contributed by atoms with Gasteiger partial charge in [0, 0.05) is 50.8 Å². The molecular weight excluding hydrogens is 581 g/mol. The fourth-order valence-electron chi connectivity index (χ4n) is 3.57. The zero-order valence-electron chi connectivity index (χ0n) is 24.2. The van der Waals surface area contributed by atoms with E-state index in [0.717, 1.165) is 73.0 Å². The van der Waals surface area contributed by atoms with Crippen LogP contribution in [0.5, 0.6) is 0 Å². The van der Waals surface area contributed by atoms with Crippen molar-refractivity contribution in [2.24, 2.45) is 0 Å². The fraction of sp³-hybridized carbons (Fsp3) is 0.538. The van der Waals surface area contributed by atoms with Gasteiger partial charge in [-0.25, -0.2) is 0 Å². The Bertz CT molecular complexity index is 1070. The van der Waals surface area contributed by atoms with Crippen molar-refractivity contribution in [3.05, 3.63) is 35.4 Å². The standard InChI is InChI=1S/C26H40N10S4/c1-7-27-21-29-23(35(9-3)10-4)33-25(31-21)39-37-17-19-13-15-20(16-14-19)18-38-40-26-32-22(28-8-2)30-24(34-26)36(11-5)12-6/h13-16H,7-12,17-18H2,1-6H3,(H,27,29,31,33)(H,28,30,32,34). The van der Waals surface area contributed by atoms with Gasteiger partial charge in [0.1, 0.15) is 0 Å². The van der Waals surface area contributed by atoms with Crippen molar-refractivity contribution >= 4 is 67.0 Å². The molecule has 0 saturated heterocycles. The van der Waals surface area contributed by atoms with Crippen molar-refractivity contribution in [3.8, 4) is 0 Å². The smallest absolute Gasteiger partial charge is 0.231 e. The molecule has 0 unspecified atom stereocenters. The third-order valence-electron chi connectivity index (χ3n) is 5.71. The van der Waals surface area contributed by atoms with Crippen LogP contribution in [-0.4, -0.2) is 69.2 Å². The molecule has 0 aliphatic carbocycles. The SMILES string of the molecule is CCNc1nc(SSCc2ccc(CSSc3nc(NCC)nc(N(CC)CC)n3)cc2)nc(N(CC)CC)n1. The van der Waals surface area contributed by atoms with Crippen LogP contribution in [0.15, 0.2) is 34.6 Å². The topological polar surface area (TPSA) is 108 Å². The average Bonchev–Trinajstić information content (AvgIpc) is 2.96. The lowest BCUT2D eigenvalue weighted by atomic mass is 10.2. The first-order valence-electron chi connectivity index (χ1n) is 13.7. The van der Waals surface area contributed by atoms with Gasteiger partial charge in [0.2, 0.25) is 34.1 Å². The molecule has 2 N–H and O–H groups in total. The summed E-state index contributed by atoms with van der Waals surface area (Å²) in [5.74, 6) is 4.42. The number of anilines is 4. The summed E-state index contributed by atoms with van der Waals surface area (Å²) in [5.41, 5.74) is 2.53. The fourth-order valence-corrected chi connectivity index (χ4v) is 7.29. The summed E-state index contributed by atoms with van der Waals surface area (Å²) in [5, 5.41) is 7.89. The molecule has 0 aliphatic heterocycles. The summed E-state index contributed by atoms with van der Waals surface area (Å²) in [6.45, 7) is 17.5. The molecular formula is C26H40N10S4. The minimum atomic E-state index is 0.626. The van der Waals surface area contributed by atoms with Gasteiger partial charge in [-0.05, 0) is 74.3 Å². The molecule has 2 heterocycles. The van der Waals surface area contributed by atoms with Crippen LogP contribution in [0.3, 0.4) is 0 Å². The Morgan fingerprint density at radius 3 is 1.25 bits per heavy atom. The van der Waals surface area contributed by atoms with E-state index >= 15 is 0 Å². The molecule has 0 bridgehead atoms. The largest absolute Gasteiger partial charge is 0.354 e. The Labute approximate surface area is 254 Å². The molecule has 0 spiro atoms. The van der Waals surface area contributed by atoms with E-state index in [-0.39, 0.29) is 0 Å². The lowest BCUT2D eigenvalue weighted by Crippen LogP contribution is -2.25. The van der Waals surface area contributed by atoms with Gasteiger partial charge >= 0.3 is 0 Å². The minimum Gasteiger partial charge on any atom is -0.354 e. The lowest BCUT2D eigenvalue weighted by Gasteiger charge is -2.19. The molecule has 0 atom stereocenters. The third kappa shape index (κ3) is 10.0. The first-order chi connectivity index (χ1) is 19.5. The molecule has 0 aliphatic rings.